The van der Waals surface area contributed by atoms with E-state index in [9.17, 15) is 14.0 Å². The molecule has 2 aromatic carbocycles. The Morgan fingerprint density at radius 3 is 2.42 bits per heavy atom. The van der Waals surface area contributed by atoms with E-state index in [0.717, 1.165) is 5.56 Å². The second-order valence-corrected chi connectivity index (χ2v) is 8.66. The predicted molar refractivity (Wildman–Crippen MR) is 136 cm³/mol. The Morgan fingerprint density at radius 2 is 1.78 bits per heavy atom. The van der Waals surface area contributed by atoms with Crippen LogP contribution in [0.4, 0.5) is 10.1 Å². The van der Waals surface area contributed by atoms with Crippen LogP contribution in [-0.4, -0.2) is 59.3 Å². The van der Waals surface area contributed by atoms with Crippen molar-refractivity contribution < 1.29 is 18.7 Å². The van der Waals surface area contributed by atoms with Gasteiger partial charge in [-0.1, -0.05) is 18.7 Å². The van der Waals surface area contributed by atoms with Gasteiger partial charge in [0.05, 0.1) is 0 Å². The molecule has 2 amide bonds. The molecule has 1 unspecified atom stereocenters. The standard InChI is InChI=1S/C28H29FN4O3/c1-3-27(34)33-16-14-32(15-17-33)19-26(22-5-4-20(2)25(29)18-22)36-24-8-6-21(7-9-24)28(35)31-23-10-12-30-13-11-23/h3-13,18,26H,1,14-17,19H2,2H3,(H,30,31,35). The zero-order valence-corrected chi connectivity index (χ0v) is 20.2. The first-order valence-electron chi connectivity index (χ1n) is 11.8. The molecule has 1 atom stereocenters. The number of carbonyl (C=O) groups is 2. The van der Waals surface area contributed by atoms with Crippen LogP contribution in [0.15, 0.2) is 79.6 Å². The van der Waals surface area contributed by atoms with E-state index in [4.69, 9.17) is 4.74 Å². The van der Waals surface area contributed by atoms with Crippen molar-refractivity contribution in [3.63, 3.8) is 0 Å². The minimum absolute atomic E-state index is 0.0730. The Hall–Kier alpha value is -4.04. The summed E-state index contributed by atoms with van der Waals surface area (Å²) in [6, 6.07) is 15.4. The number of hydrogen-bond acceptors (Lipinski definition) is 5. The molecule has 4 rings (SSSR count). The molecular formula is C28H29FN4O3. The van der Waals surface area contributed by atoms with Crippen molar-refractivity contribution in [2.24, 2.45) is 0 Å². The number of amides is 2. The normalized spacial score (nSPS) is 14.7. The van der Waals surface area contributed by atoms with Crippen molar-refractivity contribution >= 4 is 17.5 Å². The highest BCUT2D eigenvalue weighted by molar-refractivity contribution is 6.04. The summed E-state index contributed by atoms with van der Waals surface area (Å²) in [5.41, 5.74) is 2.44. The van der Waals surface area contributed by atoms with E-state index in [2.05, 4.69) is 21.8 Å². The zero-order valence-electron chi connectivity index (χ0n) is 20.2. The van der Waals surface area contributed by atoms with Crippen LogP contribution in [0, 0.1) is 12.7 Å². The van der Waals surface area contributed by atoms with E-state index < -0.39 is 6.10 Å². The predicted octanol–water partition coefficient (Wildman–Crippen LogP) is 4.23. The van der Waals surface area contributed by atoms with Gasteiger partial charge in [0.2, 0.25) is 5.91 Å². The van der Waals surface area contributed by atoms with E-state index in [1.54, 1.807) is 66.7 Å². The fourth-order valence-corrected chi connectivity index (χ4v) is 4.02. The number of piperazine rings is 1. The molecule has 1 aromatic heterocycles. The molecule has 3 aromatic rings. The number of anilines is 1. The molecule has 2 heterocycles. The summed E-state index contributed by atoms with van der Waals surface area (Å²) in [5.74, 6) is -0.0273. The van der Waals surface area contributed by atoms with E-state index in [1.165, 1.54) is 12.1 Å². The Bertz CT molecular complexity index is 1210. The summed E-state index contributed by atoms with van der Waals surface area (Å²) in [7, 11) is 0. The molecule has 1 fully saturated rings. The maximum absolute atomic E-state index is 14.4. The Kier molecular flexibility index (Phi) is 8.07. The Balaban J connectivity index is 1.46. The van der Waals surface area contributed by atoms with Gasteiger partial charge in [0.15, 0.2) is 0 Å². The van der Waals surface area contributed by atoms with Gasteiger partial charge >= 0.3 is 0 Å². The number of rotatable bonds is 8. The smallest absolute Gasteiger partial charge is 0.255 e. The lowest BCUT2D eigenvalue weighted by molar-refractivity contribution is -0.127. The number of nitrogens with one attached hydrogen (secondary N) is 1. The number of pyridine rings is 1. The number of ether oxygens (including phenoxy) is 1. The summed E-state index contributed by atoms with van der Waals surface area (Å²) in [4.78, 5) is 32.3. The van der Waals surface area contributed by atoms with Gasteiger partial charge in [0, 0.05) is 56.4 Å². The zero-order chi connectivity index (χ0) is 25.5. The van der Waals surface area contributed by atoms with Gasteiger partial charge < -0.3 is 15.0 Å². The van der Waals surface area contributed by atoms with Crippen LogP contribution < -0.4 is 10.1 Å². The van der Waals surface area contributed by atoms with Crippen molar-refractivity contribution in [1.82, 2.24) is 14.8 Å². The Labute approximate surface area is 210 Å². The third-order valence-corrected chi connectivity index (χ3v) is 6.18. The van der Waals surface area contributed by atoms with Gasteiger partial charge in [-0.15, -0.1) is 0 Å². The van der Waals surface area contributed by atoms with Crippen LogP contribution >= 0.6 is 0 Å². The molecule has 1 aliphatic rings. The summed E-state index contributed by atoms with van der Waals surface area (Å²) >= 11 is 0. The average molecular weight is 489 g/mol. The lowest BCUT2D eigenvalue weighted by Gasteiger charge is -2.36. The third-order valence-electron chi connectivity index (χ3n) is 6.18. The summed E-state index contributed by atoms with van der Waals surface area (Å²) in [6.07, 6.45) is 4.12. The van der Waals surface area contributed by atoms with Crippen molar-refractivity contribution in [2.75, 3.05) is 38.0 Å². The number of benzene rings is 2. The largest absolute Gasteiger partial charge is 0.484 e. The van der Waals surface area contributed by atoms with Crippen LogP contribution in [-0.2, 0) is 4.79 Å². The molecule has 8 heteroatoms. The quantitative estimate of drug-likeness (QED) is 0.481. The summed E-state index contributed by atoms with van der Waals surface area (Å²) in [5, 5.41) is 2.82. The maximum Gasteiger partial charge on any atom is 0.255 e. The highest BCUT2D eigenvalue weighted by Gasteiger charge is 2.24. The first-order chi connectivity index (χ1) is 17.4. The van der Waals surface area contributed by atoms with Gasteiger partial charge in [0.25, 0.3) is 5.91 Å². The molecule has 186 valence electrons. The van der Waals surface area contributed by atoms with Crippen LogP contribution in [0.25, 0.3) is 0 Å². The van der Waals surface area contributed by atoms with E-state index in [1.807, 2.05) is 6.07 Å². The topological polar surface area (TPSA) is 74.8 Å². The molecule has 0 spiro atoms. The number of hydrogen-bond donors (Lipinski definition) is 1. The molecule has 0 bridgehead atoms. The minimum atomic E-state index is -0.432. The highest BCUT2D eigenvalue weighted by atomic mass is 19.1. The van der Waals surface area contributed by atoms with Gasteiger partial charge in [-0.05, 0) is 66.6 Å². The molecule has 1 aliphatic heterocycles. The number of aryl methyl sites for hydroxylation is 1. The summed E-state index contributed by atoms with van der Waals surface area (Å²) in [6.45, 7) is 8.37. The molecule has 0 saturated carbocycles. The first kappa shape index (κ1) is 25.1. The average Bonchev–Trinajstić information content (AvgIpc) is 2.91. The number of nitrogens with zero attached hydrogens (tertiary/aromatic N) is 3. The van der Waals surface area contributed by atoms with Crippen LogP contribution in [0.1, 0.15) is 27.6 Å². The maximum atomic E-state index is 14.4. The van der Waals surface area contributed by atoms with Gasteiger partial charge in [-0.3, -0.25) is 19.5 Å². The minimum Gasteiger partial charge on any atom is -0.484 e. The second kappa shape index (κ2) is 11.6. The molecule has 0 radical (unpaired) electrons. The number of aromatic nitrogens is 1. The van der Waals surface area contributed by atoms with Crippen molar-refractivity contribution in [2.45, 2.75) is 13.0 Å². The molecular weight excluding hydrogens is 459 g/mol. The molecule has 36 heavy (non-hydrogen) atoms. The fraction of sp³-hybridized carbons (Fsp3) is 0.250. The molecule has 1 N–H and O–H groups in total. The third kappa shape index (κ3) is 6.34. The van der Waals surface area contributed by atoms with E-state index in [0.29, 0.717) is 55.3 Å². The Morgan fingerprint density at radius 1 is 1.08 bits per heavy atom. The van der Waals surface area contributed by atoms with Gasteiger partial charge in [-0.2, -0.15) is 0 Å². The van der Waals surface area contributed by atoms with Gasteiger partial charge in [0.1, 0.15) is 17.7 Å². The summed E-state index contributed by atoms with van der Waals surface area (Å²) < 4.78 is 20.7. The molecule has 1 saturated heterocycles. The van der Waals surface area contributed by atoms with E-state index in [-0.39, 0.29) is 17.6 Å². The van der Waals surface area contributed by atoms with Crippen LogP contribution in [0.2, 0.25) is 0 Å². The van der Waals surface area contributed by atoms with Gasteiger partial charge in [-0.25, -0.2) is 4.39 Å². The van der Waals surface area contributed by atoms with Crippen molar-refractivity contribution in [1.29, 1.82) is 0 Å². The fourth-order valence-electron chi connectivity index (χ4n) is 4.02. The monoisotopic (exact) mass is 488 g/mol. The highest BCUT2D eigenvalue weighted by Crippen LogP contribution is 2.26. The molecule has 7 nitrogen and oxygen atoms in total. The van der Waals surface area contributed by atoms with Crippen molar-refractivity contribution in [3.05, 3.63) is 102 Å². The number of carbonyl (C=O) groups excluding carboxylic acids is 2. The SMILES string of the molecule is C=CC(=O)N1CCN(CC(Oc2ccc(C(=O)Nc3ccncc3)cc2)c2ccc(C)c(F)c2)CC1. The van der Waals surface area contributed by atoms with Crippen LogP contribution in [0.3, 0.4) is 0 Å². The van der Waals surface area contributed by atoms with Crippen molar-refractivity contribution in [3.8, 4) is 5.75 Å². The van der Waals surface area contributed by atoms with Crippen LogP contribution in [0.5, 0.6) is 5.75 Å². The lowest BCUT2D eigenvalue weighted by Crippen LogP contribution is -2.49. The molecule has 0 aliphatic carbocycles. The van der Waals surface area contributed by atoms with E-state index >= 15 is 0 Å². The lowest BCUT2D eigenvalue weighted by atomic mass is 10.1. The second-order valence-electron chi connectivity index (χ2n) is 8.66. The number of halogens is 1. The first-order valence-corrected chi connectivity index (χ1v) is 11.8.